The largest absolute Gasteiger partial charge is 0.481 e. The molecule has 6 nitrogen and oxygen atoms in total. The van der Waals surface area contributed by atoms with Crippen molar-refractivity contribution in [3.05, 3.63) is 0 Å². The zero-order valence-corrected chi connectivity index (χ0v) is 9.28. The van der Waals surface area contributed by atoms with E-state index in [9.17, 15) is 14.8 Å². The normalized spacial score (nSPS) is 11.2. The number of aliphatic carboxylic acids is 1. The average Bonchev–Trinajstić information content (AvgIpc) is 2.13. The van der Waals surface area contributed by atoms with Gasteiger partial charge in [-0.15, -0.1) is 0 Å². The SMILES string of the molecule is CNC(C)(C)CC(=O)N(O)CCC(=O)O. The van der Waals surface area contributed by atoms with Crippen LogP contribution in [0.1, 0.15) is 26.7 Å². The number of carbonyl (C=O) groups is 2. The Balaban J connectivity index is 4.04. The van der Waals surface area contributed by atoms with Crippen molar-refractivity contribution in [2.24, 2.45) is 0 Å². The van der Waals surface area contributed by atoms with Crippen LogP contribution in [0.2, 0.25) is 0 Å². The van der Waals surface area contributed by atoms with E-state index in [1.165, 1.54) is 0 Å². The number of rotatable bonds is 6. The molecule has 0 aliphatic heterocycles. The predicted octanol–water partition coefficient (Wildman–Crippen LogP) is 0.0670. The molecule has 0 radical (unpaired) electrons. The molecule has 0 atom stereocenters. The zero-order chi connectivity index (χ0) is 12.1. The van der Waals surface area contributed by atoms with Gasteiger partial charge in [0.05, 0.1) is 13.0 Å². The van der Waals surface area contributed by atoms with Crippen LogP contribution in [0.3, 0.4) is 0 Å². The third-order valence-electron chi connectivity index (χ3n) is 2.10. The van der Waals surface area contributed by atoms with Crippen molar-refractivity contribution in [3.8, 4) is 0 Å². The Morgan fingerprint density at radius 1 is 1.40 bits per heavy atom. The molecule has 6 heteroatoms. The van der Waals surface area contributed by atoms with Gasteiger partial charge in [-0.3, -0.25) is 14.8 Å². The van der Waals surface area contributed by atoms with Crippen molar-refractivity contribution in [1.29, 1.82) is 0 Å². The minimum absolute atomic E-state index is 0.111. The van der Waals surface area contributed by atoms with E-state index in [1.807, 2.05) is 13.8 Å². The van der Waals surface area contributed by atoms with E-state index in [1.54, 1.807) is 7.05 Å². The number of nitrogens with one attached hydrogen (secondary N) is 1. The molecule has 0 aliphatic carbocycles. The number of carboxylic acids is 1. The lowest BCUT2D eigenvalue weighted by atomic mass is 10.0. The lowest BCUT2D eigenvalue weighted by Gasteiger charge is -2.25. The number of hydroxylamine groups is 2. The Labute approximate surface area is 88.8 Å². The Kier molecular flexibility index (Phi) is 5.24. The highest BCUT2D eigenvalue weighted by atomic mass is 16.5. The molecule has 0 aromatic rings. The van der Waals surface area contributed by atoms with Crippen LogP contribution in [0.5, 0.6) is 0 Å². The highest BCUT2D eigenvalue weighted by Crippen LogP contribution is 2.09. The van der Waals surface area contributed by atoms with Crippen LogP contribution in [0.4, 0.5) is 0 Å². The first kappa shape index (κ1) is 13.9. The minimum atomic E-state index is -1.05. The fourth-order valence-corrected chi connectivity index (χ4v) is 0.884. The standard InChI is InChI=1S/C9H18N2O4/c1-9(2,10-3)6-7(12)11(15)5-4-8(13)14/h10,15H,4-6H2,1-3H3,(H,13,14). The lowest BCUT2D eigenvalue weighted by molar-refractivity contribution is -0.168. The summed E-state index contributed by atoms with van der Waals surface area (Å²) in [7, 11) is 1.71. The number of hydrogen-bond acceptors (Lipinski definition) is 4. The molecule has 0 bridgehead atoms. The molecule has 0 aromatic heterocycles. The minimum Gasteiger partial charge on any atom is -0.481 e. The van der Waals surface area contributed by atoms with Gasteiger partial charge in [0.1, 0.15) is 0 Å². The van der Waals surface area contributed by atoms with Gasteiger partial charge in [0.25, 0.3) is 0 Å². The van der Waals surface area contributed by atoms with Crippen molar-refractivity contribution in [2.75, 3.05) is 13.6 Å². The quantitative estimate of drug-likeness (QED) is 0.433. The van der Waals surface area contributed by atoms with Crippen LogP contribution in [0.25, 0.3) is 0 Å². The van der Waals surface area contributed by atoms with Gasteiger partial charge in [0.2, 0.25) is 5.91 Å². The summed E-state index contributed by atoms with van der Waals surface area (Å²) in [6.45, 7) is 3.44. The van der Waals surface area contributed by atoms with E-state index in [0.717, 1.165) is 0 Å². The highest BCUT2D eigenvalue weighted by molar-refractivity contribution is 5.76. The number of hydrogen-bond donors (Lipinski definition) is 3. The number of amides is 1. The highest BCUT2D eigenvalue weighted by Gasteiger charge is 2.23. The zero-order valence-electron chi connectivity index (χ0n) is 9.28. The topological polar surface area (TPSA) is 89.9 Å². The smallest absolute Gasteiger partial charge is 0.305 e. The first-order valence-corrected chi connectivity index (χ1v) is 4.68. The molecule has 0 aromatic carbocycles. The maximum Gasteiger partial charge on any atom is 0.305 e. The van der Waals surface area contributed by atoms with E-state index < -0.39 is 17.4 Å². The van der Waals surface area contributed by atoms with Crippen LogP contribution in [0.15, 0.2) is 0 Å². The van der Waals surface area contributed by atoms with Gasteiger partial charge in [-0.1, -0.05) is 0 Å². The fourth-order valence-electron chi connectivity index (χ4n) is 0.884. The maximum atomic E-state index is 11.4. The number of nitrogens with zero attached hydrogens (tertiary/aromatic N) is 1. The summed E-state index contributed by atoms with van der Waals surface area (Å²) in [6, 6.07) is 0. The van der Waals surface area contributed by atoms with Crippen LogP contribution in [-0.2, 0) is 9.59 Å². The van der Waals surface area contributed by atoms with Gasteiger partial charge in [0.15, 0.2) is 0 Å². The van der Waals surface area contributed by atoms with E-state index in [4.69, 9.17) is 5.11 Å². The molecule has 15 heavy (non-hydrogen) atoms. The average molecular weight is 218 g/mol. The van der Waals surface area contributed by atoms with Gasteiger partial charge in [-0.05, 0) is 20.9 Å². The fraction of sp³-hybridized carbons (Fsp3) is 0.778. The predicted molar refractivity (Wildman–Crippen MR) is 53.5 cm³/mol. The molecule has 0 unspecified atom stereocenters. The summed E-state index contributed by atoms with van der Waals surface area (Å²) in [6.07, 6.45) is -0.151. The molecule has 1 amide bonds. The molecule has 0 rings (SSSR count). The van der Waals surface area contributed by atoms with Crippen molar-refractivity contribution in [2.45, 2.75) is 32.2 Å². The van der Waals surface area contributed by atoms with Gasteiger partial charge >= 0.3 is 5.97 Å². The molecule has 3 N–H and O–H groups in total. The molecule has 0 saturated heterocycles. The van der Waals surface area contributed by atoms with E-state index in [2.05, 4.69) is 5.32 Å². The molecular formula is C9H18N2O4. The summed E-state index contributed by atoms with van der Waals surface area (Å²) >= 11 is 0. The molecule has 0 spiro atoms. The van der Waals surface area contributed by atoms with Gasteiger partial charge < -0.3 is 10.4 Å². The summed E-state index contributed by atoms with van der Waals surface area (Å²) < 4.78 is 0. The van der Waals surface area contributed by atoms with Gasteiger partial charge in [0, 0.05) is 12.0 Å². The lowest BCUT2D eigenvalue weighted by Crippen LogP contribution is -2.42. The summed E-state index contributed by atoms with van der Waals surface area (Å²) in [4.78, 5) is 21.6. The van der Waals surface area contributed by atoms with Gasteiger partial charge in [-0.2, -0.15) is 0 Å². The molecule has 88 valence electrons. The van der Waals surface area contributed by atoms with Crippen LogP contribution in [0, 0.1) is 0 Å². The van der Waals surface area contributed by atoms with Crippen molar-refractivity contribution < 1.29 is 19.9 Å². The monoisotopic (exact) mass is 218 g/mol. The second kappa shape index (κ2) is 5.67. The second-order valence-electron chi connectivity index (χ2n) is 3.97. The van der Waals surface area contributed by atoms with Gasteiger partial charge in [-0.25, -0.2) is 5.06 Å². The third-order valence-corrected chi connectivity index (χ3v) is 2.10. The number of carbonyl (C=O) groups excluding carboxylic acids is 1. The molecule has 0 saturated carbocycles. The number of carboxylic acid groups (broad SMARTS) is 1. The Morgan fingerprint density at radius 3 is 2.33 bits per heavy atom. The van der Waals surface area contributed by atoms with Crippen molar-refractivity contribution in [3.63, 3.8) is 0 Å². The van der Waals surface area contributed by atoms with Crippen LogP contribution < -0.4 is 5.32 Å². The first-order chi connectivity index (χ1) is 6.78. The Bertz CT molecular complexity index is 240. The molecular weight excluding hydrogens is 200 g/mol. The van der Waals surface area contributed by atoms with Crippen LogP contribution >= 0.6 is 0 Å². The van der Waals surface area contributed by atoms with Crippen LogP contribution in [-0.4, -0.2) is 46.4 Å². The summed E-state index contributed by atoms with van der Waals surface area (Å²) in [5, 5.41) is 20.9. The van der Waals surface area contributed by atoms with E-state index in [-0.39, 0.29) is 19.4 Å². The molecule has 0 heterocycles. The second-order valence-corrected chi connectivity index (χ2v) is 3.97. The van der Waals surface area contributed by atoms with Crippen molar-refractivity contribution >= 4 is 11.9 Å². The Morgan fingerprint density at radius 2 is 1.93 bits per heavy atom. The van der Waals surface area contributed by atoms with E-state index in [0.29, 0.717) is 5.06 Å². The van der Waals surface area contributed by atoms with Crippen molar-refractivity contribution in [1.82, 2.24) is 10.4 Å². The molecule has 0 fully saturated rings. The Hall–Kier alpha value is -1.14. The van der Waals surface area contributed by atoms with E-state index >= 15 is 0 Å². The summed E-state index contributed by atoms with van der Waals surface area (Å²) in [5.74, 6) is -1.54. The maximum absolute atomic E-state index is 11.4. The third kappa shape index (κ3) is 6.03. The molecule has 0 aliphatic rings. The first-order valence-electron chi connectivity index (χ1n) is 4.68. The summed E-state index contributed by atoms with van der Waals surface area (Å²) in [5.41, 5.74) is -0.415.